The second kappa shape index (κ2) is 7.93. The predicted molar refractivity (Wildman–Crippen MR) is 97.3 cm³/mol. The maximum atomic E-state index is 13.7. The zero-order valence-electron chi connectivity index (χ0n) is 13.5. The summed E-state index contributed by atoms with van der Waals surface area (Å²) >= 11 is 6.11. The summed E-state index contributed by atoms with van der Waals surface area (Å²) in [6, 6.07) is 13.6. The first-order valence-corrected chi connectivity index (χ1v) is 8.10. The molecule has 4 nitrogen and oxygen atoms in total. The van der Waals surface area contributed by atoms with Gasteiger partial charge in [-0.2, -0.15) is 0 Å². The van der Waals surface area contributed by atoms with Crippen molar-refractivity contribution in [3.05, 3.63) is 88.7 Å². The first-order chi connectivity index (χ1) is 12.5. The van der Waals surface area contributed by atoms with Gasteiger partial charge in [-0.1, -0.05) is 29.8 Å². The summed E-state index contributed by atoms with van der Waals surface area (Å²) in [6.07, 6.45) is 1.46. The van der Waals surface area contributed by atoms with Crippen LogP contribution in [-0.2, 0) is 6.54 Å². The Bertz CT molecular complexity index is 950. The Hall–Kier alpha value is -2.99. The molecule has 2 N–H and O–H groups in total. The van der Waals surface area contributed by atoms with Gasteiger partial charge in [0.2, 0.25) is 0 Å². The van der Waals surface area contributed by atoms with Crippen molar-refractivity contribution in [3.63, 3.8) is 0 Å². The number of rotatable bonds is 5. The molecular weight excluding hydrogens is 360 g/mol. The van der Waals surface area contributed by atoms with Gasteiger partial charge in [0.1, 0.15) is 17.3 Å². The van der Waals surface area contributed by atoms with Crippen molar-refractivity contribution in [2.75, 3.05) is 10.6 Å². The fraction of sp³-hybridized carbons (Fsp3) is 0.0526. The van der Waals surface area contributed by atoms with Gasteiger partial charge in [0.05, 0.1) is 5.69 Å². The Kier molecular flexibility index (Phi) is 5.43. The molecule has 26 heavy (non-hydrogen) atoms. The van der Waals surface area contributed by atoms with E-state index in [2.05, 4.69) is 15.6 Å². The van der Waals surface area contributed by atoms with Crippen molar-refractivity contribution in [1.29, 1.82) is 0 Å². The van der Waals surface area contributed by atoms with Crippen LogP contribution in [0.4, 0.5) is 20.2 Å². The maximum absolute atomic E-state index is 13.7. The van der Waals surface area contributed by atoms with E-state index in [0.29, 0.717) is 23.3 Å². The van der Waals surface area contributed by atoms with E-state index in [1.54, 1.807) is 12.1 Å². The summed E-state index contributed by atoms with van der Waals surface area (Å²) in [6.45, 7) is 0.470. The van der Waals surface area contributed by atoms with Crippen molar-refractivity contribution in [2.45, 2.75) is 6.54 Å². The normalized spacial score (nSPS) is 10.4. The van der Waals surface area contributed by atoms with Crippen molar-refractivity contribution in [2.24, 2.45) is 0 Å². The number of hydrogen-bond acceptors (Lipinski definition) is 3. The predicted octanol–water partition coefficient (Wildman–Crippen LogP) is 4.88. The molecule has 3 aromatic rings. The Balaban J connectivity index is 1.70. The number of aromatic nitrogens is 1. The fourth-order valence-corrected chi connectivity index (χ4v) is 2.48. The van der Waals surface area contributed by atoms with E-state index in [1.165, 1.54) is 12.3 Å². The molecule has 1 aromatic heterocycles. The highest BCUT2D eigenvalue weighted by Gasteiger charge is 2.12. The standard InChI is InChI=1S/C19H14ClF2N3O/c20-15-4-2-1-3-12(15)11-24-14-7-8-23-18(10-14)19(26)25-17-6-5-13(21)9-16(17)22/h1-10H,11H2,(H,23,24)(H,25,26). The molecule has 0 aliphatic rings. The van der Waals surface area contributed by atoms with E-state index in [1.807, 2.05) is 18.2 Å². The lowest BCUT2D eigenvalue weighted by Crippen LogP contribution is -2.15. The molecular formula is C19H14ClF2N3O. The van der Waals surface area contributed by atoms with Gasteiger partial charge < -0.3 is 10.6 Å². The molecule has 0 spiro atoms. The highest BCUT2D eigenvalue weighted by molar-refractivity contribution is 6.31. The number of nitrogens with one attached hydrogen (secondary N) is 2. The summed E-state index contributed by atoms with van der Waals surface area (Å²) in [4.78, 5) is 16.2. The Morgan fingerprint density at radius 3 is 2.65 bits per heavy atom. The molecule has 1 amide bonds. The van der Waals surface area contributed by atoms with Crippen LogP contribution in [-0.4, -0.2) is 10.9 Å². The zero-order chi connectivity index (χ0) is 18.5. The van der Waals surface area contributed by atoms with Gasteiger partial charge >= 0.3 is 0 Å². The molecule has 0 saturated heterocycles. The van der Waals surface area contributed by atoms with E-state index in [4.69, 9.17) is 11.6 Å². The van der Waals surface area contributed by atoms with Crippen LogP contribution in [0.2, 0.25) is 5.02 Å². The second-order valence-corrected chi connectivity index (χ2v) is 5.86. The third-order valence-electron chi connectivity index (χ3n) is 3.61. The molecule has 0 atom stereocenters. The number of carbonyl (C=O) groups excluding carboxylic acids is 1. The van der Waals surface area contributed by atoms with E-state index < -0.39 is 17.5 Å². The van der Waals surface area contributed by atoms with Gasteiger partial charge in [0.25, 0.3) is 5.91 Å². The van der Waals surface area contributed by atoms with Crippen LogP contribution < -0.4 is 10.6 Å². The molecule has 0 aliphatic heterocycles. The molecule has 0 radical (unpaired) electrons. The highest BCUT2D eigenvalue weighted by Crippen LogP contribution is 2.19. The van der Waals surface area contributed by atoms with Gasteiger partial charge in [-0.15, -0.1) is 0 Å². The minimum atomic E-state index is -0.855. The van der Waals surface area contributed by atoms with E-state index in [0.717, 1.165) is 17.7 Å². The number of benzene rings is 2. The summed E-state index contributed by atoms with van der Waals surface area (Å²) in [5.74, 6) is -2.17. The largest absolute Gasteiger partial charge is 0.381 e. The van der Waals surface area contributed by atoms with Gasteiger partial charge in [0.15, 0.2) is 0 Å². The quantitative estimate of drug-likeness (QED) is 0.670. The summed E-state index contributed by atoms with van der Waals surface area (Å²) in [5.41, 5.74) is 1.54. The number of anilines is 2. The van der Waals surface area contributed by atoms with Crippen LogP contribution >= 0.6 is 11.6 Å². The number of carbonyl (C=O) groups is 1. The smallest absolute Gasteiger partial charge is 0.274 e. The molecule has 3 rings (SSSR count). The van der Waals surface area contributed by atoms with Gasteiger partial charge in [0, 0.05) is 29.5 Å². The number of pyridine rings is 1. The van der Waals surface area contributed by atoms with Crippen molar-refractivity contribution >= 4 is 28.9 Å². The number of amides is 1. The monoisotopic (exact) mass is 373 g/mol. The molecule has 0 aliphatic carbocycles. The molecule has 132 valence electrons. The summed E-state index contributed by atoms with van der Waals surface area (Å²) in [7, 11) is 0. The number of hydrogen-bond donors (Lipinski definition) is 2. The molecule has 0 saturated carbocycles. The van der Waals surface area contributed by atoms with Gasteiger partial charge in [-0.3, -0.25) is 9.78 Å². The Labute approximate surface area is 153 Å². The molecule has 0 bridgehead atoms. The van der Waals surface area contributed by atoms with Crippen molar-refractivity contribution in [1.82, 2.24) is 4.98 Å². The van der Waals surface area contributed by atoms with Crippen LogP contribution in [0.1, 0.15) is 16.1 Å². The SMILES string of the molecule is O=C(Nc1ccc(F)cc1F)c1cc(NCc2ccccc2Cl)ccn1. The topological polar surface area (TPSA) is 54.0 Å². The Morgan fingerprint density at radius 1 is 1.08 bits per heavy atom. The number of nitrogens with zero attached hydrogens (tertiary/aromatic N) is 1. The first-order valence-electron chi connectivity index (χ1n) is 7.72. The van der Waals surface area contributed by atoms with Crippen LogP contribution in [0.25, 0.3) is 0 Å². The average molecular weight is 374 g/mol. The zero-order valence-corrected chi connectivity index (χ0v) is 14.2. The second-order valence-electron chi connectivity index (χ2n) is 5.45. The fourth-order valence-electron chi connectivity index (χ4n) is 2.28. The molecule has 0 unspecified atom stereocenters. The highest BCUT2D eigenvalue weighted by atomic mass is 35.5. The van der Waals surface area contributed by atoms with Gasteiger partial charge in [-0.25, -0.2) is 8.78 Å². The third kappa shape index (κ3) is 4.34. The lowest BCUT2D eigenvalue weighted by Gasteiger charge is -2.10. The van der Waals surface area contributed by atoms with Crippen LogP contribution in [0.3, 0.4) is 0 Å². The number of halogens is 3. The molecule has 1 heterocycles. The lowest BCUT2D eigenvalue weighted by atomic mass is 10.2. The van der Waals surface area contributed by atoms with Crippen LogP contribution in [0.15, 0.2) is 60.8 Å². The summed E-state index contributed by atoms with van der Waals surface area (Å²) in [5, 5.41) is 6.16. The third-order valence-corrected chi connectivity index (χ3v) is 3.98. The van der Waals surface area contributed by atoms with Crippen LogP contribution in [0, 0.1) is 11.6 Å². The Morgan fingerprint density at radius 2 is 1.88 bits per heavy atom. The maximum Gasteiger partial charge on any atom is 0.274 e. The molecule has 7 heteroatoms. The minimum Gasteiger partial charge on any atom is -0.381 e. The van der Waals surface area contributed by atoms with Crippen LogP contribution in [0.5, 0.6) is 0 Å². The lowest BCUT2D eigenvalue weighted by molar-refractivity contribution is 0.102. The van der Waals surface area contributed by atoms with Gasteiger partial charge in [-0.05, 0) is 35.9 Å². The molecule has 0 fully saturated rings. The van der Waals surface area contributed by atoms with E-state index >= 15 is 0 Å². The molecule has 2 aromatic carbocycles. The minimum absolute atomic E-state index is 0.0953. The van der Waals surface area contributed by atoms with E-state index in [-0.39, 0.29) is 11.4 Å². The van der Waals surface area contributed by atoms with E-state index in [9.17, 15) is 13.6 Å². The average Bonchev–Trinajstić information content (AvgIpc) is 2.63. The van der Waals surface area contributed by atoms with Crippen molar-refractivity contribution < 1.29 is 13.6 Å². The first kappa shape index (κ1) is 17.8. The summed E-state index contributed by atoms with van der Waals surface area (Å²) < 4.78 is 26.6. The van der Waals surface area contributed by atoms with Crippen molar-refractivity contribution in [3.8, 4) is 0 Å².